The summed E-state index contributed by atoms with van der Waals surface area (Å²) in [6.07, 6.45) is 12.3. The van der Waals surface area contributed by atoms with E-state index in [1.54, 1.807) is 14.2 Å². The van der Waals surface area contributed by atoms with E-state index in [-0.39, 0.29) is 0 Å². The zero-order valence-corrected chi connectivity index (χ0v) is 46.2. The number of hydrogen-bond donors (Lipinski definition) is 0. The van der Waals surface area contributed by atoms with E-state index >= 15 is 0 Å². The van der Waals surface area contributed by atoms with Crippen LogP contribution in [0.1, 0.15) is 68.9 Å². The van der Waals surface area contributed by atoms with E-state index in [1.807, 2.05) is 207 Å². The van der Waals surface area contributed by atoms with Gasteiger partial charge in [0.2, 0.25) is 0 Å². The average Bonchev–Trinajstić information content (AvgIpc) is 3.52. The van der Waals surface area contributed by atoms with Gasteiger partial charge in [-0.1, -0.05) is 6.07 Å². The van der Waals surface area contributed by atoms with Crippen molar-refractivity contribution in [3.8, 4) is 46.0 Å². The fraction of sp³-hybridized carbons (Fsp3) is 0.254. The molecular weight excluding hydrogens is 1020 g/mol. The van der Waals surface area contributed by atoms with Crippen LogP contribution in [0, 0.1) is 0 Å². The summed E-state index contributed by atoms with van der Waals surface area (Å²) in [5, 5.41) is 17.1. The predicted molar refractivity (Wildman–Crippen MR) is 322 cm³/mol. The van der Waals surface area contributed by atoms with Crippen LogP contribution in [0.3, 0.4) is 0 Å². The Hall–Kier alpha value is -9.30. The quantitative estimate of drug-likeness (QED) is 0.0220. The number of ether oxygens (including phenoxy) is 8. The van der Waals surface area contributed by atoms with Gasteiger partial charge in [-0.05, 0) is 251 Å². The number of nitrogens with zero attached hydrogens (tertiary/aromatic N) is 6. The molecule has 0 N–H and O–H groups in total. The van der Waals surface area contributed by atoms with Gasteiger partial charge in [-0.25, -0.2) is 0 Å². The molecule has 0 fully saturated rings. The van der Waals surface area contributed by atoms with Crippen LogP contribution in [0.2, 0.25) is 0 Å². The fourth-order valence-electron chi connectivity index (χ4n) is 7.91. The number of aliphatic imine (C=N–C) groups is 2. The summed E-state index contributed by atoms with van der Waals surface area (Å²) in [4.78, 5) is 9.32. The molecule has 0 bridgehead atoms. The molecule has 0 aliphatic rings. The maximum atomic E-state index is 6.05. The number of benzene rings is 8. The minimum Gasteiger partial charge on any atom is -0.497 e. The molecule has 0 aromatic heterocycles. The van der Waals surface area contributed by atoms with Gasteiger partial charge >= 0.3 is 0 Å². The summed E-state index contributed by atoms with van der Waals surface area (Å²) in [5.74, 6) is 6.51. The minimum absolute atomic E-state index is 0.625. The molecule has 14 heteroatoms. The van der Waals surface area contributed by atoms with Crippen molar-refractivity contribution in [2.24, 2.45) is 30.4 Å². The fourth-order valence-corrected chi connectivity index (χ4v) is 7.91. The van der Waals surface area contributed by atoms with Gasteiger partial charge in [0.15, 0.2) is 0 Å². The highest BCUT2D eigenvalue weighted by Crippen LogP contribution is 2.27. The van der Waals surface area contributed by atoms with Gasteiger partial charge in [-0.3, -0.25) is 9.98 Å². The van der Waals surface area contributed by atoms with E-state index in [1.165, 1.54) is 0 Å². The molecule has 0 aliphatic carbocycles. The highest BCUT2D eigenvalue weighted by atomic mass is 16.5. The topological polar surface area (TPSA) is 148 Å². The van der Waals surface area contributed by atoms with Gasteiger partial charge in [0, 0.05) is 18.5 Å². The molecule has 0 atom stereocenters. The van der Waals surface area contributed by atoms with Crippen molar-refractivity contribution in [1.82, 2.24) is 0 Å². The number of hydrogen-bond acceptors (Lipinski definition) is 14. The first-order valence-electron chi connectivity index (χ1n) is 27.6. The second-order valence-corrected chi connectivity index (χ2v) is 18.7. The number of methoxy groups -OCH3 is 2. The van der Waals surface area contributed by atoms with Gasteiger partial charge in [0.05, 0.1) is 88.0 Å². The molecule has 416 valence electrons. The largest absolute Gasteiger partial charge is 0.497 e. The van der Waals surface area contributed by atoms with E-state index in [0.717, 1.165) is 149 Å². The maximum Gasteiger partial charge on any atom is 0.121 e. The summed E-state index contributed by atoms with van der Waals surface area (Å²) < 4.78 is 46.2. The van der Waals surface area contributed by atoms with Crippen LogP contribution in [0.4, 0.5) is 34.1 Å². The van der Waals surface area contributed by atoms with Gasteiger partial charge in [0.25, 0.3) is 0 Å². The smallest absolute Gasteiger partial charge is 0.121 e. The summed E-state index contributed by atoms with van der Waals surface area (Å²) >= 11 is 0. The second kappa shape index (κ2) is 33.2. The lowest BCUT2D eigenvalue weighted by molar-refractivity contribution is 0.279. The molecule has 8 aromatic rings. The van der Waals surface area contributed by atoms with Gasteiger partial charge in [0.1, 0.15) is 46.0 Å². The van der Waals surface area contributed by atoms with Crippen LogP contribution in [0.25, 0.3) is 0 Å². The highest BCUT2D eigenvalue weighted by Gasteiger charge is 2.04. The average molecular weight is 1090 g/mol. The van der Waals surface area contributed by atoms with E-state index in [4.69, 9.17) is 37.9 Å². The monoisotopic (exact) mass is 1090 g/mol. The van der Waals surface area contributed by atoms with Crippen molar-refractivity contribution in [3.05, 3.63) is 205 Å². The van der Waals surface area contributed by atoms with Gasteiger partial charge in [-0.15, -0.1) is 0 Å². The minimum atomic E-state index is 0.625. The zero-order chi connectivity index (χ0) is 55.8. The summed E-state index contributed by atoms with van der Waals surface area (Å²) in [6.45, 7) is 3.84. The molecule has 0 spiro atoms. The molecule has 0 aliphatic heterocycles. The molecule has 8 aromatic carbocycles. The van der Waals surface area contributed by atoms with E-state index in [9.17, 15) is 0 Å². The Labute approximate surface area is 475 Å². The Bertz CT molecular complexity index is 3170. The third-order valence-corrected chi connectivity index (χ3v) is 12.5. The van der Waals surface area contributed by atoms with Crippen molar-refractivity contribution in [2.75, 3.05) is 53.9 Å². The molecule has 8 rings (SSSR count). The van der Waals surface area contributed by atoms with Crippen molar-refractivity contribution in [1.29, 1.82) is 0 Å². The van der Waals surface area contributed by atoms with Crippen molar-refractivity contribution >= 4 is 46.6 Å². The van der Waals surface area contributed by atoms with E-state index < -0.39 is 0 Å². The normalized spacial score (nSPS) is 11.4. The summed E-state index contributed by atoms with van der Waals surface area (Å²) in [7, 11) is 3.28. The highest BCUT2D eigenvalue weighted by molar-refractivity contribution is 5.83. The molecule has 0 heterocycles. The SMILES string of the molecule is COc1ccc(N=Nc2ccc(OCCCCCOc3ccc(C=Nc4ccc(OCCCCCOc5cccc(N=Cc6ccc(OCCCCCOc7ccc(N=Nc8ccc(OC)cc8)cc7)cc6)c5)cc4)cc3)cc2)cc1. The molecule has 14 nitrogen and oxygen atoms in total. The molecular formula is C67H70N6O8. The Morgan fingerprint density at radius 2 is 0.531 bits per heavy atom. The van der Waals surface area contributed by atoms with Gasteiger partial charge < -0.3 is 37.9 Å². The van der Waals surface area contributed by atoms with Crippen molar-refractivity contribution < 1.29 is 37.9 Å². The number of rotatable bonds is 34. The van der Waals surface area contributed by atoms with Crippen LogP contribution < -0.4 is 37.9 Å². The second-order valence-electron chi connectivity index (χ2n) is 18.7. The van der Waals surface area contributed by atoms with Crippen molar-refractivity contribution in [2.45, 2.75) is 57.8 Å². The molecule has 0 saturated heterocycles. The first-order valence-corrected chi connectivity index (χ1v) is 27.6. The number of unbranched alkanes of at least 4 members (excludes halogenated alkanes) is 6. The van der Waals surface area contributed by atoms with Crippen LogP contribution in [0.5, 0.6) is 46.0 Å². The molecule has 0 unspecified atom stereocenters. The van der Waals surface area contributed by atoms with E-state index in [2.05, 4.69) is 30.4 Å². The zero-order valence-electron chi connectivity index (χ0n) is 46.2. The van der Waals surface area contributed by atoms with Crippen molar-refractivity contribution in [3.63, 3.8) is 0 Å². The predicted octanol–water partition coefficient (Wildman–Crippen LogP) is 17.9. The Morgan fingerprint density at radius 3 is 0.852 bits per heavy atom. The lowest BCUT2D eigenvalue weighted by Gasteiger charge is -2.08. The maximum absolute atomic E-state index is 6.05. The van der Waals surface area contributed by atoms with Crippen LogP contribution >= 0.6 is 0 Å². The molecule has 0 amide bonds. The Kier molecular flexibility index (Phi) is 23.7. The summed E-state index contributed by atoms with van der Waals surface area (Å²) in [6, 6.07) is 61.8. The third-order valence-electron chi connectivity index (χ3n) is 12.5. The Balaban J connectivity index is 0.611. The van der Waals surface area contributed by atoms with Crippen LogP contribution in [-0.2, 0) is 0 Å². The third kappa shape index (κ3) is 21.5. The Morgan fingerprint density at radius 1 is 0.259 bits per heavy atom. The molecule has 81 heavy (non-hydrogen) atoms. The molecule has 0 saturated carbocycles. The lowest BCUT2D eigenvalue weighted by atomic mass is 10.2. The number of azo groups is 2. The van der Waals surface area contributed by atoms with E-state index in [0.29, 0.717) is 39.6 Å². The van der Waals surface area contributed by atoms with Crippen LogP contribution in [0.15, 0.2) is 225 Å². The molecule has 0 radical (unpaired) electrons. The standard InChI is InChI=1S/C67H70N6O8/c1-74-60-33-21-55(22-34-60)70-72-57-25-39-65(40-26-57)79-46-8-3-6-43-76-62-29-15-52(16-30-62)50-68-54-19-37-64(38-20-54)78-45-10-5-11-48-81-67-14-12-13-59(49-67)69-51-53-17-31-63(32-18-53)77-44-7-4-9-47-80-66-41-27-58(28-42-66)73-71-56-23-35-61(75-2)36-24-56/h12-42,49-51H,3-11,43-48H2,1-2H3. The van der Waals surface area contributed by atoms with Gasteiger partial charge in [-0.2, -0.15) is 20.5 Å². The van der Waals surface area contributed by atoms with Crippen LogP contribution in [-0.4, -0.2) is 66.3 Å². The summed E-state index contributed by atoms with van der Waals surface area (Å²) in [5.41, 5.74) is 6.73. The first kappa shape index (κ1) is 57.9. The first-order chi connectivity index (χ1) is 40.0. The lowest BCUT2D eigenvalue weighted by Crippen LogP contribution is -2.01.